The lowest BCUT2D eigenvalue weighted by Gasteiger charge is -2.38. The quantitative estimate of drug-likeness (QED) is 0.224. The molecule has 0 radical (unpaired) electrons. The van der Waals surface area contributed by atoms with Crippen molar-refractivity contribution in [3.8, 4) is 0 Å². The van der Waals surface area contributed by atoms with Crippen molar-refractivity contribution in [3.05, 3.63) is 12.7 Å². The zero-order valence-electron chi connectivity index (χ0n) is 14.5. The number of unbranched alkanes of at least 4 members (excludes halogenated alkanes) is 1. The summed E-state index contributed by atoms with van der Waals surface area (Å²) in [4.78, 5) is 9.05. The summed E-state index contributed by atoms with van der Waals surface area (Å²) in [6, 6.07) is 0.963. The molecule has 1 aliphatic heterocycles. The number of nitrogens with zero attached hydrogens (tertiary/aromatic N) is 3. The predicted octanol–water partition coefficient (Wildman–Crippen LogP) is 2.19. The average molecular weight is 424 g/mol. The van der Waals surface area contributed by atoms with E-state index in [2.05, 4.69) is 47.6 Å². The fourth-order valence-corrected chi connectivity index (χ4v) is 2.71. The summed E-state index contributed by atoms with van der Waals surface area (Å²) in [5.74, 6) is 0.965. The Morgan fingerprint density at radius 1 is 1.59 bits per heavy atom. The number of nitrogens with one attached hydrogen (secondary N) is 1. The topological polar surface area (TPSA) is 40.1 Å². The Kier molecular flexibility index (Phi) is 11.9. The molecule has 0 aromatic rings. The lowest BCUT2D eigenvalue weighted by molar-refractivity contribution is -0.0174. The maximum Gasteiger partial charge on any atom is 0.193 e. The van der Waals surface area contributed by atoms with Crippen LogP contribution in [0.2, 0.25) is 0 Å². The van der Waals surface area contributed by atoms with Gasteiger partial charge in [-0.15, -0.1) is 30.6 Å². The van der Waals surface area contributed by atoms with E-state index < -0.39 is 0 Å². The molecule has 22 heavy (non-hydrogen) atoms. The van der Waals surface area contributed by atoms with Crippen LogP contribution in [-0.2, 0) is 4.74 Å². The molecule has 1 aliphatic rings. The van der Waals surface area contributed by atoms with Crippen LogP contribution in [0.1, 0.15) is 26.7 Å². The minimum absolute atomic E-state index is 0. The largest absolute Gasteiger partial charge is 0.379 e. The molecule has 5 nitrogen and oxygen atoms in total. The van der Waals surface area contributed by atoms with Crippen LogP contribution in [0.4, 0.5) is 0 Å². The van der Waals surface area contributed by atoms with E-state index in [0.29, 0.717) is 12.1 Å². The van der Waals surface area contributed by atoms with Gasteiger partial charge >= 0.3 is 0 Å². The van der Waals surface area contributed by atoms with Crippen molar-refractivity contribution in [2.45, 2.75) is 38.8 Å². The van der Waals surface area contributed by atoms with Gasteiger partial charge in [-0.1, -0.05) is 6.08 Å². The Balaban J connectivity index is 0.00000441. The number of ether oxygens (including phenoxy) is 1. The molecule has 6 heteroatoms. The zero-order chi connectivity index (χ0) is 15.7. The van der Waals surface area contributed by atoms with Crippen LogP contribution in [-0.4, -0.2) is 74.8 Å². The molecule has 0 saturated carbocycles. The van der Waals surface area contributed by atoms with Crippen molar-refractivity contribution < 1.29 is 4.74 Å². The number of aliphatic imine (C=N–C) groups is 1. The van der Waals surface area contributed by atoms with Gasteiger partial charge in [-0.25, -0.2) is 0 Å². The number of guanidine groups is 1. The van der Waals surface area contributed by atoms with Gasteiger partial charge in [0.05, 0.1) is 13.2 Å². The number of hydrogen-bond acceptors (Lipinski definition) is 3. The van der Waals surface area contributed by atoms with Crippen LogP contribution >= 0.6 is 24.0 Å². The molecular formula is C16H33IN4O. The number of halogens is 1. The van der Waals surface area contributed by atoms with Gasteiger partial charge in [-0.05, 0) is 26.7 Å². The van der Waals surface area contributed by atoms with Gasteiger partial charge in [0.25, 0.3) is 0 Å². The van der Waals surface area contributed by atoms with Crippen LogP contribution in [0.3, 0.4) is 0 Å². The van der Waals surface area contributed by atoms with Gasteiger partial charge in [0.15, 0.2) is 5.96 Å². The fourth-order valence-electron chi connectivity index (χ4n) is 2.71. The van der Waals surface area contributed by atoms with Gasteiger partial charge in [-0.3, -0.25) is 9.89 Å². The molecule has 2 unspecified atom stereocenters. The summed E-state index contributed by atoms with van der Waals surface area (Å²) in [5.41, 5.74) is 0. The van der Waals surface area contributed by atoms with Gasteiger partial charge in [0.2, 0.25) is 0 Å². The van der Waals surface area contributed by atoms with Crippen LogP contribution in [0.5, 0.6) is 0 Å². The Hall–Kier alpha value is -0.340. The van der Waals surface area contributed by atoms with Crippen LogP contribution in [0.15, 0.2) is 17.6 Å². The summed E-state index contributed by atoms with van der Waals surface area (Å²) in [5, 5.41) is 3.48. The van der Waals surface area contributed by atoms with Crippen molar-refractivity contribution in [1.82, 2.24) is 15.1 Å². The standard InChI is InChI=1S/C16H32N4O.HI/c1-6-7-8-9-19(5)16(17-4)18-12-14(2)20-10-11-21-13-15(20)3;/h6,14-15H,1,7-13H2,2-5H3,(H,17,18);1H. The van der Waals surface area contributed by atoms with E-state index in [1.54, 1.807) is 0 Å². The van der Waals surface area contributed by atoms with E-state index in [1.807, 2.05) is 13.1 Å². The Labute approximate surface area is 153 Å². The second-order valence-electron chi connectivity index (χ2n) is 5.79. The molecule has 0 amide bonds. The van der Waals surface area contributed by atoms with Gasteiger partial charge in [0.1, 0.15) is 0 Å². The number of morpholine rings is 1. The third-order valence-corrected chi connectivity index (χ3v) is 4.02. The van der Waals surface area contributed by atoms with Crippen molar-refractivity contribution in [2.24, 2.45) is 4.99 Å². The molecule has 1 N–H and O–H groups in total. The highest BCUT2D eigenvalue weighted by molar-refractivity contribution is 14.0. The van der Waals surface area contributed by atoms with E-state index in [4.69, 9.17) is 4.74 Å². The van der Waals surface area contributed by atoms with E-state index in [0.717, 1.165) is 51.6 Å². The van der Waals surface area contributed by atoms with Crippen LogP contribution in [0, 0.1) is 0 Å². The van der Waals surface area contributed by atoms with E-state index in [1.165, 1.54) is 0 Å². The summed E-state index contributed by atoms with van der Waals surface area (Å²) in [6.07, 6.45) is 4.12. The van der Waals surface area contributed by atoms with Gasteiger partial charge in [0, 0.05) is 45.8 Å². The molecule has 2 atom stereocenters. The first-order chi connectivity index (χ1) is 10.1. The van der Waals surface area contributed by atoms with E-state index >= 15 is 0 Å². The monoisotopic (exact) mass is 424 g/mol. The third-order valence-electron chi connectivity index (χ3n) is 4.02. The summed E-state index contributed by atoms with van der Waals surface area (Å²) < 4.78 is 5.50. The van der Waals surface area contributed by atoms with Gasteiger partial charge < -0.3 is 15.0 Å². The molecule has 0 spiro atoms. The molecule has 0 aromatic carbocycles. The fraction of sp³-hybridized carbons (Fsp3) is 0.812. The molecule has 130 valence electrons. The second kappa shape index (κ2) is 12.1. The lowest BCUT2D eigenvalue weighted by atomic mass is 10.2. The molecule has 0 aliphatic carbocycles. The highest BCUT2D eigenvalue weighted by Crippen LogP contribution is 2.10. The van der Waals surface area contributed by atoms with Crippen LogP contribution in [0.25, 0.3) is 0 Å². The smallest absolute Gasteiger partial charge is 0.193 e. The zero-order valence-corrected chi connectivity index (χ0v) is 16.9. The molecular weight excluding hydrogens is 391 g/mol. The molecule has 1 fully saturated rings. The van der Waals surface area contributed by atoms with Crippen molar-refractivity contribution >= 4 is 29.9 Å². The Morgan fingerprint density at radius 3 is 2.91 bits per heavy atom. The summed E-state index contributed by atoms with van der Waals surface area (Å²) in [6.45, 7) is 12.8. The first-order valence-corrected chi connectivity index (χ1v) is 7.96. The Bertz CT molecular complexity index is 338. The molecule has 1 saturated heterocycles. The molecule has 1 rings (SSSR count). The minimum Gasteiger partial charge on any atom is -0.379 e. The Morgan fingerprint density at radius 2 is 2.32 bits per heavy atom. The number of rotatable bonds is 7. The maximum absolute atomic E-state index is 5.50. The first kappa shape index (κ1) is 21.7. The minimum atomic E-state index is 0. The lowest BCUT2D eigenvalue weighted by Crippen LogP contribution is -2.53. The van der Waals surface area contributed by atoms with Crippen molar-refractivity contribution in [1.29, 1.82) is 0 Å². The van der Waals surface area contributed by atoms with E-state index in [-0.39, 0.29) is 24.0 Å². The average Bonchev–Trinajstić information content (AvgIpc) is 2.48. The maximum atomic E-state index is 5.50. The summed E-state index contributed by atoms with van der Waals surface area (Å²) >= 11 is 0. The third kappa shape index (κ3) is 7.28. The first-order valence-electron chi connectivity index (χ1n) is 7.96. The SMILES string of the molecule is C=CCCCN(C)C(=NC)NCC(C)N1CCOCC1C.I. The van der Waals surface area contributed by atoms with E-state index in [9.17, 15) is 0 Å². The van der Waals surface area contributed by atoms with Crippen LogP contribution < -0.4 is 5.32 Å². The number of allylic oxidation sites excluding steroid dienone is 1. The number of hydrogen-bond donors (Lipinski definition) is 1. The van der Waals surface area contributed by atoms with Gasteiger partial charge in [-0.2, -0.15) is 0 Å². The van der Waals surface area contributed by atoms with Crippen molar-refractivity contribution in [3.63, 3.8) is 0 Å². The predicted molar refractivity (Wildman–Crippen MR) is 105 cm³/mol. The van der Waals surface area contributed by atoms with Crippen molar-refractivity contribution in [2.75, 3.05) is 46.9 Å². The molecule has 1 heterocycles. The normalized spacial score (nSPS) is 20.9. The second-order valence-corrected chi connectivity index (χ2v) is 5.79. The molecule has 0 aromatic heterocycles. The molecule has 0 bridgehead atoms. The summed E-state index contributed by atoms with van der Waals surface area (Å²) in [7, 11) is 3.93. The highest BCUT2D eigenvalue weighted by atomic mass is 127. The highest BCUT2D eigenvalue weighted by Gasteiger charge is 2.23.